The highest BCUT2D eigenvalue weighted by Gasteiger charge is 2.19. The van der Waals surface area contributed by atoms with Crippen LogP contribution in [0.25, 0.3) is 0 Å². The molecule has 5 nitrogen and oxygen atoms in total. The van der Waals surface area contributed by atoms with E-state index >= 15 is 0 Å². The zero-order valence-corrected chi connectivity index (χ0v) is 12.3. The Morgan fingerprint density at radius 2 is 1.90 bits per heavy atom. The minimum atomic E-state index is -3.93. The van der Waals surface area contributed by atoms with Gasteiger partial charge in [-0.05, 0) is 24.3 Å². The lowest BCUT2D eigenvalue weighted by Crippen LogP contribution is -2.33. The van der Waals surface area contributed by atoms with E-state index in [1.807, 2.05) is 42.3 Å². The molecule has 1 N–H and O–H groups in total. The number of aromatic nitrogens is 1. The van der Waals surface area contributed by atoms with Crippen molar-refractivity contribution in [1.82, 2.24) is 9.71 Å². The second kappa shape index (κ2) is 6.64. The molecular weight excluding hydrogens is 293 g/mol. The van der Waals surface area contributed by atoms with Gasteiger partial charge >= 0.3 is 0 Å². The molecule has 0 saturated heterocycles. The van der Waals surface area contributed by atoms with Crippen molar-refractivity contribution < 1.29 is 12.8 Å². The van der Waals surface area contributed by atoms with Crippen LogP contribution in [0.1, 0.15) is 0 Å². The third kappa shape index (κ3) is 3.99. The highest BCUT2D eigenvalue weighted by molar-refractivity contribution is 7.89. The van der Waals surface area contributed by atoms with E-state index in [1.54, 1.807) is 0 Å². The van der Waals surface area contributed by atoms with Crippen molar-refractivity contribution in [2.75, 3.05) is 25.0 Å². The Morgan fingerprint density at radius 3 is 2.57 bits per heavy atom. The van der Waals surface area contributed by atoms with Crippen LogP contribution in [0.3, 0.4) is 0 Å². The average Bonchev–Trinajstić information content (AvgIpc) is 2.48. The van der Waals surface area contributed by atoms with Crippen molar-refractivity contribution in [2.24, 2.45) is 0 Å². The highest BCUT2D eigenvalue weighted by Crippen LogP contribution is 2.11. The Hall–Kier alpha value is -1.99. The monoisotopic (exact) mass is 309 g/mol. The Labute approximate surface area is 123 Å². The third-order valence-electron chi connectivity index (χ3n) is 2.92. The van der Waals surface area contributed by atoms with Gasteiger partial charge in [0.1, 0.15) is 0 Å². The quantitative estimate of drug-likeness (QED) is 0.881. The molecule has 1 aromatic heterocycles. The van der Waals surface area contributed by atoms with Crippen LogP contribution in [0.15, 0.2) is 53.7 Å². The minimum Gasteiger partial charge on any atom is -0.373 e. The number of hydrogen-bond acceptors (Lipinski definition) is 4. The fraction of sp³-hybridized carbons (Fsp3) is 0.214. The molecule has 112 valence electrons. The first-order chi connectivity index (χ1) is 10.0. The summed E-state index contributed by atoms with van der Waals surface area (Å²) in [6.45, 7) is 0.613. The summed E-state index contributed by atoms with van der Waals surface area (Å²) in [4.78, 5) is 5.47. The lowest BCUT2D eigenvalue weighted by Gasteiger charge is -2.19. The molecule has 0 amide bonds. The van der Waals surface area contributed by atoms with Gasteiger partial charge in [-0.15, -0.1) is 0 Å². The Morgan fingerprint density at radius 1 is 1.19 bits per heavy atom. The Kier molecular flexibility index (Phi) is 4.87. The average molecular weight is 309 g/mol. The molecule has 0 atom stereocenters. The van der Waals surface area contributed by atoms with Crippen LogP contribution in [0, 0.1) is 5.82 Å². The maximum absolute atomic E-state index is 13.4. The Balaban J connectivity index is 1.96. The molecule has 0 saturated carbocycles. The molecule has 0 radical (unpaired) electrons. The maximum atomic E-state index is 13.4. The van der Waals surface area contributed by atoms with Crippen molar-refractivity contribution in [2.45, 2.75) is 5.03 Å². The summed E-state index contributed by atoms with van der Waals surface area (Å²) in [5.74, 6) is -0.860. The summed E-state index contributed by atoms with van der Waals surface area (Å²) in [5.41, 5.74) is 0.973. The maximum Gasteiger partial charge on any atom is 0.261 e. The molecule has 2 aromatic rings. The fourth-order valence-electron chi connectivity index (χ4n) is 1.80. The van der Waals surface area contributed by atoms with E-state index in [0.29, 0.717) is 6.54 Å². The van der Waals surface area contributed by atoms with Gasteiger partial charge in [0.25, 0.3) is 10.0 Å². The van der Waals surface area contributed by atoms with Crippen molar-refractivity contribution >= 4 is 15.7 Å². The van der Waals surface area contributed by atoms with Gasteiger partial charge in [-0.2, -0.15) is 0 Å². The van der Waals surface area contributed by atoms with Gasteiger partial charge < -0.3 is 4.90 Å². The number of nitrogens with one attached hydrogen (secondary N) is 1. The molecule has 0 spiro atoms. The van der Waals surface area contributed by atoms with Crippen LogP contribution in [-0.2, 0) is 10.0 Å². The normalized spacial score (nSPS) is 11.3. The van der Waals surface area contributed by atoms with Crippen molar-refractivity contribution in [1.29, 1.82) is 0 Å². The van der Waals surface area contributed by atoms with Gasteiger partial charge in [0, 0.05) is 32.0 Å². The van der Waals surface area contributed by atoms with Crippen LogP contribution in [0.4, 0.5) is 10.1 Å². The van der Waals surface area contributed by atoms with Crippen LogP contribution < -0.4 is 9.62 Å². The van der Waals surface area contributed by atoms with E-state index in [-0.39, 0.29) is 6.54 Å². The van der Waals surface area contributed by atoms with E-state index in [0.717, 1.165) is 11.8 Å². The van der Waals surface area contributed by atoms with Gasteiger partial charge in [-0.25, -0.2) is 22.5 Å². The summed E-state index contributed by atoms with van der Waals surface area (Å²) < 4.78 is 39.7. The van der Waals surface area contributed by atoms with Gasteiger partial charge in [0.05, 0.1) is 0 Å². The van der Waals surface area contributed by atoms with Crippen molar-refractivity contribution in [3.05, 3.63) is 54.5 Å². The second-order valence-electron chi connectivity index (χ2n) is 4.45. The predicted octanol–water partition coefficient (Wildman–Crippen LogP) is 1.64. The number of pyridine rings is 1. The molecule has 2 rings (SSSR count). The number of anilines is 1. The zero-order valence-electron chi connectivity index (χ0n) is 11.5. The van der Waals surface area contributed by atoms with E-state index in [9.17, 15) is 12.8 Å². The van der Waals surface area contributed by atoms with E-state index in [1.165, 1.54) is 12.3 Å². The standard InChI is InChI=1S/C14H16FN3O2S/c1-18(12-6-3-2-4-7-12)11-10-17-21(19,20)14-13(15)8-5-9-16-14/h2-9,17H,10-11H2,1H3. The van der Waals surface area contributed by atoms with Crippen LogP contribution >= 0.6 is 0 Å². The molecule has 0 fully saturated rings. The Bertz CT molecular complexity index is 692. The number of hydrogen-bond donors (Lipinski definition) is 1. The molecule has 0 bridgehead atoms. The molecule has 0 aliphatic carbocycles. The smallest absolute Gasteiger partial charge is 0.261 e. The summed E-state index contributed by atoms with van der Waals surface area (Å²) in [6, 6.07) is 12.0. The highest BCUT2D eigenvalue weighted by atomic mass is 32.2. The number of halogens is 1. The van der Waals surface area contributed by atoms with Gasteiger partial charge in [0.15, 0.2) is 5.82 Å². The van der Waals surface area contributed by atoms with Crippen molar-refractivity contribution in [3.63, 3.8) is 0 Å². The lowest BCUT2D eigenvalue weighted by atomic mass is 10.3. The summed E-state index contributed by atoms with van der Waals surface area (Å²) in [5, 5.41) is -0.577. The van der Waals surface area contributed by atoms with Gasteiger partial charge in [-0.3, -0.25) is 0 Å². The molecule has 0 aliphatic heterocycles. The molecular formula is C14H16FN3O2S. The number of likely N-dealkylation sites (N-methyl/N-ethyl adjacent to an activating group) is 1. The SMILES string of the molecule is CN(CCNS(=O)(=O)c1ncccc1F)c1ccccc1. The first kappa shape index (κ1) is 15.4. The summed E-state index contributed by atoms with van der Waals surface area (Å²) in [6.07, 6.45) is 1.24. The molecule has 0 aliphatic rings. The predicted molar refractivity (Wildman–Crippen MR) is 79.1 cm³/mol. The number of rotatable bonds is 6. The fourth-order valence-corrected chi connectivity index (χ4v) is 2.82. The van der Waals surface area contributed by atoms with Crippen LogP contribution in [-0.4, -0.2) is 33.5 Å². The first-order valence-corrected chi connectivity index (χ1v) is 7.85. The summed E-state index contributed by atoms with van der Waals surface area (Å²) in [7, 11) is -2.08. The van der Waals surface area contributed by atoms with E-state index in [4.69, 9.17) is 0 Å². The van der Waals surface area contributed by atoms with Crippen molar-refractivity contribution in [3.8, 4) is 0 Å². The zero-order chi connectivity index (χ0) is 15.3. The molecule has 7 heteroatoms. The van der Waals surface area contributed by atoms with Crippen LogP contribution in [0.5, 0.6) is 0 Å². The molecule has 0 unspecified atom stereocenters. The first-order valence-electron chi connectivity index (χ1n) is 6.37. The number of para-hydroxylation sites is 1. The molecule has 1 aromatic carbocycles. The molecule has 1 heterocycles. The third-order valence-corrected chi connectivity index (χ3v) is 4.31. The van der Waals surface area contributed by atoms with Gasteiger partial charge in [0.2, 0.25) is 5.03 Å². The molecule has 21 heavy (non-hydrogen) atoms. The topological polar surface area (TPSA) is 62.3 Å². The van der Waals surface area contributed by atoms with Crippen LogP contribution in [0.2, 0.25) is 0 Å². The van der Waals surface area contributed by atoms with E-state index in [2.05, 4.69) is 9.71 Å². The number of benzene rings is 1. The minimum absolute atomic E-state index is 0.156. The van der Waals surface area contributed by atoms with E-state index < -0.39 is 20.9 Å². The largest absolute Gasteiger partial charge is 0.373 e. The summed E-state index contributed by atoms with van der Waals surface area (Å²) >= 11 is 0. The number of nitrogens with zero attached hydrogens (tertiary/aromatic N) is 2. The number of sulfonamides is 1. The van der Waals surface area contributed by atoms with Gasteiger partial charge in [-0.1, -0.05) is 18.2 Å². The lowest BCUT2D eigenvalue weighted by molar-refractivity contribution is 0.545. The second-order valence-corrected chi connectivity index (χ2v) is 6.13.